The van der Waals surface area contributed by atoms with E-state index in [0.717, 1.165) is 22.3 Å². The summed E-state index contributed by atoms with van der Waals surface area (Å²) in [4.78, 5) is 25.5. The minimum absolute atomic E-state index is 0.0379. The van der Waals surface area contributed by atoms with Crippen molar-refractivity contribution in [3.8, 4) is 0 Å². The van der Waals surface area contributed by atoms with Gasteiger partial charge in [-0.05, 0) is 54.2 Å². The van der Waals surface area contributed by atoms with Crippen molar-refractivity contribution in [2.75, 3.05) is 7.11 Å². The Morgan fingerprint density at radius 2 is 1.91 bits per heavy atom. The number of hydrogen-bond acceptors (Lipinski definition) is 5. The molecule has 0 aromatic heterocycles. The number of carbonyl (C=O) groups is 2. The number of benzene rings is 2. The molecule has 0 saturated carbocycles. The summed E-state index contributed by atoms with van der Waals surface area (Å²) in [6, 6.07) is 14.8. The lowest BCUT2D eigenvalue weighted by Gasteiger charge is -2.25. The van der Waals surface area contributed by atoms with Gasteiger partial charge in [-0.15, -0.1) is 0 Å². The molecule has 1 aliphatic rings. The maximum Gasteiger partial charge on any atom is 0.311 e. The van der Waals surface area contributed by atoms with Gasteiger partial charge < -0.3 is 21.5 Å². The molecule has 0 radical (unpaired) electrons. The van der Waals surface area contributed by atoms with Crippen LogP contribution in [-0.4, -0.2) is 30.9 Å². The molecule has 7 heteroatoms. The van der Waals surface area contributed by atoms with E-state index in [4.69, 9.17) is 21.6 Å². The van der Waals surface area contributed by atoms with Crippen LogP contribution in [0.2, 0.25) is 0 Å². The molecule has 3 unspecified atom stereocenters. The molecule has 2 aromatic rings. The first-order chi connectivity index (χ1) is 16.3. The van der Waals surface area contributed by atoms with Gasteiger partial charge in [0.05, 0.1) is 18.9 Å². The lowest BCUT2D eigenvalue weighted by atomic mass is 9.89. The molecular formula is C27H32N4O3. The van der Waals surface area contributed by atoms with E-state index in [1.807, 2.05) is 36.4 Å². The zero-order valence-corrected chi connectivity index (χ0v) is 19.6. The summed E-state index contributed by atoms with van der Waals surface area (Å²) >= 11 is 0. The molecule has 3 atom stereocenters. The third kappa shape index (κ3) is 6.20. The van der Waals surface area contributed by atoms with Crippen LogP contribution in [-0.2, 0) is 27.3 Å². The first kappa shape index (κ1) is 24.9. The normalized spacial score (nSPS) is 16.8. The minimum Gasteiger partial charge on any atom is -0.469 e. The third-order valence-electron chi connectivity index (χ3n) is 6.10. The Bertz CT molecular complexity index is 1120. The molecule has 178 valence electrons. The molecule has 0 bridgehead atoms. The topological polar surface area (TPSA) is 131 Å². The molecule has 2 aromatic carbocycles. The number of ether oxygens (including phenoxy) is 1. The van der Waals surface area contributed by atoms with Crippen LogP contribution < -0.4 is 16.8 Å². The van der Waals surface area contributed by atoms with Crippen molar-refractivity contribution in [2.45, 2.75) is 32.4 Å². The Labute approximate surface area is 200 Å². The molecule has 0 fully saturated rings. The number of amidine groups is 1. The van der Waals surface area contributed by atoms with Crippen molar-refractivity contribution in [1.82, 2.24) is 5.32 Å². The Morgan fingerprint density at radius 3 is 2.56 bits per heavy atom. The number of allylic oxidation sites excluding steroid dienone is 3. The molecule has 6 N–H and O–H groups in total. The highest BCUT2D eigenvalue weighted by atomic mass is 16.5. The number of nitrogens with two attached hydrogens (primary N) is 2. The highest BCUT2D eigenvalue weighted by molar-refractivity contribution is 5.95. The summed E-state index contributed by atoms with van der Waals surface area (Å²) in [5.74, 6) is -1.47. The Kier molecular flexibility index (Phi) is 8.38. The van der Waals surface area contributed by atoms with Gasteiger partial charge in [0.25, 0.3) is 0 Å². The summed E-state index contributed by atoms with van der Waals surface area (Å²) in [6.45, 7) is 2.29. The van der Waals surface area contributed by atoms with Crippen molar-refractivity contribution >= 4 is 23.3 Å². The van der Waals surface area contributed by atoms with Crippen molar-refractivity contribution < 1.29 is 14.3 Å². The van der Waals surface area contributed by atoms with Crippen LogP contribution >= 0.6 is 0 Å². The predicted molar refractivity (Wildman–Crippen MR) is 134 cm³/mol. The Morgan fingerprint density at radius 1 is 1.18 bits per heavy atom. The predicted octanol–water partition coefficient (Wildman–Crippen LogP) is 2.93. The van der Waals surface area contributed by atoms with E-state index in [-0.39, 0.29) is 17.7 Å². The van der Waals surface area contributed by atoms with Gasteiger partial charge in [0.1, 0.15) is 5.84 Å². The van der Waals surface area contributed by atoms with Gasteiger partial charge in [-0.2, -0.15) is 0 Å². The standard InChI is InChI=1S/C27H32N4O3/c1-17(24(27(33)34-2)15-18-5-3-8-23(13-18)25(29)30)31-26(32)21-11-9-20(10-12-21)22-7-4-6-19(14-22)16-28/h3-11,13-14,17,21,24H,12,15-16,28H2,1-2H3,(H3,29,30)(H,31,32). The van der Waals surface area contributed by atoms with Crippen LogP contribution in [0.15, 0.2) is 66.8 Å². The first-order valence-electron chi connectivity index (χ1n) is 11.3. The van der Waals surface area contributed by atoms with Gasteiger partial charge in [0, 0.05) is 18.2 Å². The largest absolute Gasteiger partial charge is 0.469 e. The van der Waals surface area contributed by atoms with Crippen LogP contribution in [0.3, 0.4) is 0 Å². The molecule has 34 heavy (non-hydrogen) atoms. The fourth-order valence-electron chi connectivity index (χ4n) is 4.07. The highest BCUT2D eigenvalue weighted by Crippen LogP contribution is 2.25. The van der Waals surface area contributed by atoms with E-state index >= 15 is 0 Å². The van der Waals surface area contributed by atoms with Crippen LogP contribution in [0.4, 0.5) is 0 Å². The zero-order chi connectivity index (χ0) is 24.7. The molecule has 0 saturated heterocycles. The lowest BCUT2D eigenvalue weighted by Crippen LogP contribution is -2.44. The molecule has 0 heterocycles. The molecule has 1 aliphatic carbocycles. The SMILES string of the molecule is COC(=O)C(Cc1cccc(C(=N)N)c1)C(C)NC(=O)C1C=CC(c2cccc(CN)c2)=CC1. The number of nitrogen functional groups attached to an aromatic ring is 1. The number of methoxy groups -OCH3 is 1. The van der Waals surface area contributed by atoms with Crippen LogP contribution in [0.25, 0.3) is 5.57 Å². The maximum absolute atomic E-state index is 13.0. The maximum atomic E-state index is 13.0. The summed E-state index contributed by atoms with van der Waals surface area (Å²) in [5.41, 5.74) is 16.0. The molecular weight excluding hydrogens is 428 g/mol. The van der Waals surface area contributed by atoms with Crippen LogP contribution in [0.5, 0.6) is 0 Å². The number of rotatable bonds is 9. The van der Waals surface area contributed by atoms with Gasteiger partial charge in [-0.1, -0.05) is 54.6 Å². The van der Waals surface area contributed by atoms with Crippen LogP contribution in [0.1, 0.15) is 35.6 Å². The summed E-state index contributed by atoms with van der Waals surface area (Å²) in [5, 5.41) is 10.6. The number of carbonyl (C=O) groups excluding carboxylic acids is 2. The highest BCUT2D eigenvalue weighted by Gasteiger charge is 2.29. The lowest BCUT2D eigenvalue weighted by molar-refractivity contribution is -0.146. The molecule has 0 spiro atoms. The number of amides is 1. The fraction of sp³-hybridized carbons (Fsp3) is 0.296. The third-order valence-corrected chi connectivity index (χ3v) is 6.10. The molecule has 0 aliphatic heterocycles. The quantitative estimate of drug-likeness (QED) is 0.260. The molecule has 3 rings (SSSR count). The van der Waals surface area contributed by atoms with Crippen molar-refractivity contribution in [2.24, 2.45) is 23.3 Å². The smallest absolute Gasteiger partial charge is 0.311 e. The molecule has 1 amide bonds. The van der Waals surface area contributed by atoms with E-state index in [1.165, 1.54) is 7.11 Å². The summed E-state index contributed by atoms with van der Waals surface area (Å²) < 4.78 is 5.00. The Hall–Kier alpha value is -3.71. The second kappa shape index (κ2) is 11.4. The van der Waals surface area contributed by atoms with E-state index in [9.17, 15) is 9.59 Å². The van der Waals surface area contributed by atoms with Crippen molar-refractivity contribution in [3.63, 3.8) is 0 Å². The van der Waals surface area contributed by atoms with Gasteiger partial charge in [-0.3, -0.25) is 15.0 Å². The van der Waals surface area contributed by atoms with Gasteiger partial charge in [-0.25, -0.2) is 0 Å². The van der Waals surface area contributed by atoms with E-state index in [2.05, 4.69) is 17.5 Å². The van der Waals surface area contributed by atoms with E-state index in [0.29, 0.717) is 24.9 Å². The Balaban J connectivity index is 1.66. The van der Waals surface area contributed by atoms with Gasteiger partial charge >= 0.3 is 5.97 Å². The van der Waals surface area contributed by atoms with Crippen LogP contribution in [0, 0.1) is 17.2 Å². The average molecular weight is 461 g/mol. The minimum atomic E-state index is -0.575. The van der Waals surface area contributed by atoms with Crippen molar-refractivity contribution in [3.05, 3.63) is 89.0 Å². The zero-order valence-electron chi connectivity index (χ0n) is 19.6. The second-order valence-electron chi connectivity index (χ2n) is 8.51. The summed E-state index contributed by atoms with van der Waals surface area (Å²) in [7, 11) is 1.34. The number of hydrogen-bond donors (Lipinski definition) is 4. The van der Waals surface area contributed by atoms with Crippen molar-refractivity contribution in [1.29, 1.82) is 5.41 Å². The van der Waals surface area contributed by atoms with E-state index < -0.39 is 17.9 Å². The number of esters is 1. The van der Waals surface area contributed by atoms with Gasteiger partial charge in [0.15, 0.2) is 0 Å². The average Bonchev–Trinajstić information content (AvgIpc) is 2.87. The number of nitrogens with one attached hydrogen (secondary N) is 2. The second-order valence-corrected chi connectivity index (χ2v) is 8.51. The molecule has 7 nitrogen and oxygen atoms in total. The summed E-state index contributed by atoms with van der Waals surface area (Å²) in [6.07, 6.45) is 6.84. The van der Waals surface area contributed by atoms with E-state index in [1.54, 1.807) is 25.1 Å². The monoisotopic (exact) mass is 460 g/mol. The van der Waals surface area contributed by atoms with Gasteiger partial charge in [0.2, 0.25) is 5.91 Å². The first-order valence-corrected chi connectivity index (χ1v) is 11.3. The fourth-order valence-corrected chi connectivity index (χ4v) is 4.07.